The van der Waals surface area contributed by atoms with Crippen molar-refractivity contribution >= 4 is 10.0 Å². The largest absolute Gasteiger partial charge is 0.497 e. The van der Waals surface area contributed by atoms with E-state index in [4.69, 9.17) is 9.47 Å². The molecule has 2 N–H and O–H groups in total. The molecule has 7 nitrogen and oxygen atoms in total. The Hall–Kier alpha value is -1.33. The second-order valence-corrected chi connectivity index (χ2v) is 8.64. The van der Waals surface area contributed by atoms with Crippen LogP contribution in [0.3, 0.4) is 0 Å². The van der Waals surface area contributed by atoms with E-state index in [1.165, 1.54) is 31.4 Å². The van der Waals surface area contributed by atoms with Crippen molar-refractivity contribution in [1.82, 2.24) is 9.62 Å². The van der Waals surface area contributed by atoms with Crippen molar-refractivity contribution in [2.24, 2.45) is 0 Å². The van der Waals surface area contributed by atoms with Crippen LogP contribution in [0.25, 0.3) is 0 Å². The molecule has 0 unspecified atom stereocenters. The zero-order valence-electron chi connectivity index (χ0n) is 15.0. The Kier molecular flexibility index (Phi) is 6.02. The molecule has 0 radical (unpaired) electrons. The first-order chi connectivity index (χ1) is 12.7. The molecule has 0 bridgehead atoms. The number of piperidine rings is 1. The van der Waals surface area contributed by atoms with Crippen molar-refractivity contribution in [3.8, 4) is 5.75 Å². The zero-order chi connectivity index (χ0) is 19.7. The van der Waals surface area contributed by atoms with Crippen LogP contribution in [0.2, 0.25) is 0 Å². The van der Waals surface area contributed by atoms with E-state index in [2.05, 4.69) is 4.72 Å². The normalized spacial score (nSPS) is 29.0. The third kappa shape index (κ3) is 4.94. The van der Waals surface area contributed by atoms with Gasteiger partial charge in [0, 0.05) is 32.5 Å². The van der Waals surface area contributed by atoms with Crippen LogP contribution in [0, 0.1) is 0 Å². The van der Waals surface area contributed by atoms with Crippen LogP contribution in [-0.2, 0) is 14.8 Å². The van der Waals surface area contributed by atoms with Gasteiger partial charge in [0.2, 0.25) is 10.0 Å². The van der Waals surface area contributed by atoms with Gasteiger partial charge in [-0.25, -0.2) is 21.9 Å². The minimum absolute atomic E-state index is 0.0191. The average Bonchev–Trinajstić information content (AvgIpc) is 2.96. The van der Waals surface area contributed by atoms with Gasteiger partial charge in [-0.3, -0.25) is 0 Å². The van der Waals surface area contributed by atoms with E-state index >= 15 is 0 Å². The molecular formula is C17H24F2N2O5S. The first-order valence-corrected chi connectivity index (χ1v) is 10.2. The van der Waals surface area contributed by atoms with Crippen LogP contribution >= 0.6 is 0 Å². The van der Waals surface area contributed by atoms with Gasteiger partial charge < -0.3 is 19.5 Å². The topological polar surface area (TPSA) is 88.1 Å². The molecule has 152 valence electrons. The van der Waals surface area contributed by atoms with Gasteiger partial charge in [0.15, 0.2) is 0 Å². The lowest BCUT2D eigenvalue weighted by atomic mass is 10.0. The van der Waals surface area contributed by atoms with Gasteiger partial charge >= 0.3 is 0 Å². The molecule has 2 aliphatic heterocycles. The van der Waals surface area contributed by atoms with Gasteiger partial charge in [-0.2, -0.15) is 0 Å². The second kappa shape index (κ2) is 7.96. The predicted octanol–water partition coefficient (Wildman–Crippen LogP) is 0.833. The van der Waals surface area contributed by atoms with Gasteiger partial charge in [-0.05, 0) is 24.3 Å². The fourth-order valence-electron chi connectivity index (χ4n) is 3.29. The fourth-order valence-corrected chi connectivity index (χ4v) is 4.52. The maximum atomic E-state index is 13.2. The summed E-state index contributed by atoms with van der Waals surface area (Å²) in [5, 5.41) is 10.4. The van der Waals surface area contributed by atoms with E-state index in [9.17, 15) is 22.3 Å². The van der Waals surface area contributed by atoms with Crippen LogP contribution in [-0.4, -0.2) is 75.9 Å². The summed E-state index contributed by atoms with van der Waals surface area (Å²) in [7, 11) is -2.35. The number of hydrogen-bond acceptors (Lipinski definition) is 6. The van der Waals surface area contributed by atoms with Crippen molar-refractivity contribution in [2.45, 2.75) is 41.9 Å². The van der Waals surface area contributed by atoms with Crippen molar-refractivity contribution in [3.63, 3.8) is 0 Å². The number of aliphatic hydroxyl groups excluding tert-OH is 1. The van der Waals surface area contributed by atoms with Crippen LogP contribution in [0.1, 0.15) is 12.8 Å². The summed E-state index contributed by atoms with van der Waals surface area (Å²) >= 11 is 0. The van der Waals surface area contributed by atoms with E-state index in [0.29, 0.717) is 5.75 Å². The highest BCUT2D eigenvalue weighted by atomic mass is 32.2. The fraction of sp³-hybridized carbons (Fsp3) is 0.647. The number of aliphatic hydroxyl groups is 1. The summed E-state index contributed by atoms with van der Waals surface area (Å²) in [6.07, 6.45) is -2.12. The lowest BCUT2D eigenvalue weighted by Gasteiger charge is -2.33. The number of likely N-dealkylation sites (tertiary alicyclic amines) is 1. The van der Waals surface area contributed by atoms with E-state index in [1.807, 2.05) is 4.90 Å². The Bertz CT molecular complexity index is 734. The maximum absolute atomic E-state index is 13.2. The van der Waals surface area contributed by atoms with E-state index in [-0.39, 0.29) is 44.0 Å². The zero-order valence-corrected chi connectivity index (χ0v) is 15.8. The molecule has 0 aliphatic carbocycles. The molecule has 10 heteroatoms. The summed E-state index contributed by atoms with van der Waals surface area (Å²) in [4.78, 5) is 1.86. The number of nitrogens with one attached hydrogen (secondary N) is 1. The van der Waals surface area contributed by atoms with Gasteiger partial charge in [0.25, 0.3) is 5.92 Å². The highest BCUT2D eigenvalue weighted by Crippen LogP contribution is 2.28. The van der Waals surface area contributed by atoms with Crippen LogP contribution in [0.5, 0.6) is 5.75 Å². The van der Waals surface area contributed by atoms with Crippen molar-refractivity contribution in [2.75, 3.05) is 33.4 Å². The number of alkyl halides is 2. The van der Waals surface area contributed by atoms with Crippen LogP contribution in [0.4, 0.5) is 8.78 Å². The summed E-state index contributed by atoms with van der Waals surface area (Å²) in [5.74, 6) is -2.10. The Labute approximate surface area is 157 Å². The second-order valence-electron chi connectivity index (χ2n) is 6.92. The summed E-state index contributed by atoms with van der Waals surface area (Å²) in [5.41, 5.74) is 0. The van der Waals surface area contributed by atoms with Gasteiger partial charge in [0.05, 0.1) is 36.9 Å². The molecule has 27 heavy (non-hydrogen) atoms. The number of methoxy groups -OCH3 is 1. The molecule has 0 amide bonds. The quantitative estimate of drug-likeness (QED) is 0.728. The molecule has 2 heterocycles. The minimum Gasteiger partial charge on any atom is -0.497 e. The van der Waals surface area contributed by atoms with Gasteiger partial charge in [-0.15, -0.1) is 0 Å². The Morgan fingerprint density at radius 1 is 1.30 bits per heavy atom. The molecule has 3 atom stereocenters. The first kappa shape index (κ1) is 20.4. The summed E-state index contributed by atoms with van der Waals surface area (Å²) in [6.45, 7) is 0.757. The standard InChI is InChI=1S/C17H24F2N2O5S/c1-25-12-2-4-13(5-3-12)27(23,24)20-14-11-26-15(16(14)22)10-21-8-6-17(18,19)7-9-21/h2-5,14-16,20,22H,6-11H2,1H3/t14-,15-,16+/m0/s1. The lowest BCUT2D eigenvalue weighted by molar-refractivity contribution is -0.0674. The van der Waals surface area contributed by atoms with Crippen molar-refractivity contribution < 1.29 is 31.8 Å². The molecular weight excluding hydrogens is 382 g/mol. The number of rotatable bonds is 6. The van der Waals surface area contributed by atoms with Crippen LogP contribution in [0.15, 0.2) is 29.2 Å². The molecule has 0 saturated carbocycles. The Morgan fingerprint density at radius 2 is 1.93 bits per heavy atom. The van der Waals surface area contributed by atoms with Gasteiger partial charge in [0.1, 0.15) is 5.75 Å². The number of sulfonamides is 1. The number of hydrogen-bond donors (Lipinski definition) is 2. The van der Waals surface area contributed by atoms with E-state index < -0.39 is 34.2 Å². The highest BCUT2D eigenvalue weighted by Gasteiger charge is 2.41. The molecule has 2 fully saturated rings. The number of halogens is 2. The third-order valence-corrected chi connectivity index (χ3v) is 6.49. The molecule has 0 spiro atoms. The number of nitrogens with zero attached hydrogens (tertiary/aromatic N) is 1. The highest BCUT2D eigenvalue weighted by molar-refractivity contribution is 7.89. The summed E-state index contributed by atoms with van der Waals surface area (Å²) < 4.78 is 64.4. The average molecular weight is 406 g/mol. The molecule has 0 aromatic heterocycles. The predicted molar refractivity (Wildman–Crippen MR) is 93.5 cm³/mol. The number of ether oxygens (including phenoxy) is 2. The molecule has 2 saturated heterocycles. The number of benzene rings is 1. The Morgan fingerprint density at radius 3 is 2.52 bits per heavy atom. The van der Waals surface area contributed by atoms with Crippen LogP contribution < -0.4 is 9.46 Å². The Balaban J connectivity index is 1.57. The SMILES string of the molecule is COc1ccc(S(=O)(=O)N[C@H]2CO[C@@H](CN3CCC(F)(F)CC3)[C@@H]2O)cc1. The lowest BCUT2D eigenvalue weighted by Crippen LogP contribution is -2.48. The van der Waals surface area contributed by atoms with Crippen molar-refractivity contribution in [3.05, 3.63) is 24.3 Å². The summed E-state index contributed by atoms with van der Waals surface area (Å²) in [6, 6.07) is 5.09. The molecule has 1 aromatic rings. The van der Waals surface area contributed by atoms with Crippen molar-refractivity contribution in [1.29, 1.82) is 0 Å². The van der Waals surface area contributed by atoms with Gasteiger partial charge in [-0.1, -0.05) is 0 Å². The molecule has 2 aliphatic rings. The molecule has 1 aromatic carbocycles. The monoisotopic (exact) mass is 406 g/mol. The smallest absolute Gasteiger partial charge is 0.250 e. The molecule has 3 rings (SSSR count). The van der Waals surface area contributed by atoms with E-state index in [1.54, 1.807) is 0 Å². The third-order valence-electron chi connectivity index (χ3n) is 4.99. The van der Waals surface area contributed by atoms with E-state index in [0.717, 1.165) is 0 Å². The first-order valence-electron chi connectivity index (χ1n) is 8.76. The minimum atomic E-state index is -3.83. The maximum Gasteiger partial charge on any atom is 0.250 e.